The van der Waals surface area contributed by atoms with E-state index in [2.05, 4.69) is 22.1 Å². The number of carboxylic acids is 1. The topological polar surface area (TPSA) is 80.9 Å². The number of hydrogen-bond donors (Lipinski definition) is 1. The van der Waals surface area contributed by atoms with Crippen molar-refractivity contribution in [2.24, 2.45) is 0 Å². The van der Waals surface area contributed by atoms with Gasteiger partial charge in [-0.1, -0.05) is 18.7 Å². The average Bonchev–Trinajstić information content (AvgIpc) is 2.80. The molecule has 0 amide bonds. The van der Waals surface area contributed by atoms with E-state index in [0.717, 1.165) is 41.7 Å². The Bertz CT molecular complexity index is 612. The molecule has 0 fully saturated rings. The van der Waals surface area contributed by atoms with E-state index >= 15 is 0 Å². The molecule has 0 aromatic carbocycles. The molecule has 0 spiro atoms. The lowest BCUT2D eigenvalue weighted by Crippen LogP contribution is -2.05. The van der Waals surface area contributed by atoms with E-state index in [1.54, 1.807) is 12.4 Å². The Labute approximate surface area is 121 Å². The van der Waals surface area contributed by atoms with Crippen molar-refractivity contribution in [3.8, 4) is 5.69 Å². The van der Waals surface area contributed by atoms with Crippen LogP contribution in [-0.4, -0.2) is 36.6 Å². The van der Waals surface area contributed by atoms with Gasteiger partial charge in [-0.25, -0.2) is 0 Å². The summed E-state index contributed by atoms with van der Waals surface area (Å²) in [5.41, 5.74) is 1.90. The highest BCUT2D eigenvalue weighted by atomic mass is 32.2. The van der Waals surface area contributed by atoms with Gasteiger partial charge in [-0.3, -0.25) is 14.3 Å². The molecule has 0 saturated heterocycles. The molecule has 0 aliphatic rings. The highest BCUT2D eigenvalue weighted by Gasteiger charge is 2.15. The molecular weight excluding hydrogens is 276 g/mol. The van der Waals surface area contributed by atoms with Gasteiger partial charge in [-0.2, -0.15) is 0 Å². The Morgan fingerprint density at radius 1 is 1.40 bits per heavy atom. The van der Waals surface area contributed by atoms with Crippen LogP contribution in [0, 0.1) is 6.92 Å². The van der Waals surface area contributed by atoms with E-state index < -0.39 is 5.97 Å². The van der Waals surface area contributed by atoms with Crippen LogP contribution in [0.3, 0.4) is 0 Å². The molecule has 0 aliphatic carbocycles. The van der Waals surface area contributed by atoms with Crippen molar-refractivity contribution in [2.45, 2.75) is 31.8 Å². The zero-order valence-electron chi connectivity index (χ0n) is 11.4. The van der Waals surface area contributed by atoms with Crippen molar-refractivity contribution in [1.82, 2.24) is 19.7 Å². The van der Waals surface area contributed by atoms with E-state index in [-0.39, 0.29) is 5.75 Å². The van der Waals surface area contributed by atoms with Crippen molar-refractivity contribution < 1.29 is 9.90 Å². The van der Waals surface area contributed by atoms with E-state index in [9.17, 15) is 4.79 Å². The number of carbonyl (C=O) groups is 1. The third-order valence-corrected chi connectivity index (χ3v) is 3.53. The molecule has 2 heterocycles. The van der Waals surface area contributed by atoms with Gasteiger partial charge in [0.2, 0.25) is 0 Å². The van der Waals surface area contributed by atoms with Crippen LogP contribution in [-0.2, 0) is 11.2 Å². The van der Waals surface area contributed by atoms with Crippen LogP contribution < -0.4 is 0 Å². The monoisotopic (exact) mass is 292 g/mol. The smallest absolute Gasteiger partial charge is 0.313 e. The Morgan fingerprint density at radius 3 is 2.85 bits per heavy atom. The molecule has 6 nitrogen and oxygen atoms in total. The summed E-state index contributed by atoms with van der Waals surface area (Å²) >= 11 is 1.16. The number of hydrogen-bond acceptors (Lipinski definition) is 5. The van der Waals surface area contributed by atoms with Crippen LogP contribution >= 0.6 is 11.8 Å². The molecule has 0 radical (unpaired) electrons. The summed E-state index contributed by atoms with van der Waals surface area (Å²) < 4.78 is 1.89. The molecule has 106 valence electrons. The summed E-state index contributed by atoms with van der Waals surface area (Å²) in [6.07, 6.45) is 5.24. The fourth-order valence-corrected chi connectivity index (χ4v) is 2.52. The van der Waals surface area contributed by atoms with Crippen molar-refractivity contribution >= 4 is 17.7 Å². The normalized spacial score (nSPS) is 10.7. The highest BCUT2D eigenvalue weighted by molar-refractivity contribution is 7.99. The van der Waals surface area contributed by atoms with Crippen LogP contribution in [0.4, 0.5) is 0 Å². The number of carboxylic acid groups (broad SMARTS) is 1. The second-order valence-corrected chi connectivity index (χ2v) is 5.33. The fourth-order valence-electron chi connectivity index (χ4n) is 1.83. The molecule has 1 N–H and O–H groups in total. The van der Waals surface area contributed by atoms with Gasteiger partial charge >= 0.3 is 5.97 Å². The second-order valence-electron chi connectivity index (χ2n) is 4.39. The predicted molar refractivity (Wildman–Crippen MR) is 76.2 cm³/mol. The van der Waals surface area contributed by atoms with E-state index in [1.165, 1.54) is 0 Å². The SMILES string of the molecule is CCCc1nnc(SCC(=O)O)n1-c1cncc(C)c1. The number of rotatable bonds is 6. The molecule has 0 bridgehead atoms. The van der Waals surface area contributed by atoms with Gasteiger partial charge in [0, 0.05) is 12.6 Å². The van der Waals surface area contributed by atoms with Gasteiger partial charge in [0.25, 0.3) is 0 Å². The van der Waals surface area contributed by atoms with Gasteiger partial charge in [0.15, 0.2) is 5.16 Å². The van der Waals surface area contributed by atoms with Gasteiger partial charge in [-0.15, -0.1) is 10.2 Å². The average molecular weight is 292 g/mol. The number of nitrogens with zero attached hydrogens (tertiary/aromatic N) is 4. The minimum absolute atomic E-state index is 0.0382. The first-order valence-corrected chi connectivity index (χ1v) is 7.31. The molecule has 2 aromatic heterocycles. The summed E-state index contributed by atoms with van der Waals surface area (Å²) in [4.78, 5) is 14.9. The number of pyridine rings is 1. The standard InChI is InChI=1S/C13H16N4O2S/c1-3-4-11-15-16-13(20-8-12(18)19)17(11)10-5-9(2)6-14-7-10/h5-7H,3-4,8H2,1-2H3,(H,18,19). The largest absolute Gasteiger partial charge is 0.481 e. The van der Waals surface area contributed by atoms with E-state index in [4.69, 9.17) is 5.11 Å². The zero-order chi connectivity index (χ0) is 14.5. The molecule has 0 saturated carbocycles. The number of aryl methyl sites for hydroxylation is 2. The Kier molecular flexibility index (Phi) is 4.73. The summed E-state index contributed by atoms with van der Waals surface area (Å²) in [7, 11) is 0. The van der Waals surface area contributed by atoms with Gasteiger partial charge in [0.1, 0.15) is 5.82 Å². The maximum absolute atomic E-state index is 10.7. The highest BCUT2D eigenvalue weighted by Crippen LogP contribution is 2.22. The number of thioether (sulfide) groups is 1. The summed E-state index contributed by atoms with van der Waals surface area (Å²) in [5, 5.41) is 17.6. The van der Waals surface area contributed by atoms with Crippen molar-refractivity contribution in [3.63, 3.8) is 0 Å². The molecule has 0 unspecified atom stereocenters. The minimum atomic E-state index is -0.871. The molecule has 0 atom stereocenters. The molecule has 7 heteroatoms. The Balaban J connectivity index is 2.41. The van der Waals surface area contributed by atoms with Crippen LogP contribution in [0.1, 0.15) is 24.7 Å². The molecule has 0 aliphatic heterocycles. The van der Waals surface area contributed by atoms with Crippen molar-refractivity contribution in [1.29, 1.82) is 0 Å². The summed E-state index contributed by atoms with van der Waals surface area (Å²) in [5.74, 6) is -0.0829. The third-order valence-electron chi connectivity index (χ3n) is 2.62. The van der Waals surface area contributed by atoms with Gasteiger partial charge < -0.3 is 5.11 Å². The molecular formula is C13H16N4O2S. The maximum Gasteiger partial charge on any atom is 0.313 e. The second kappa shape index (κ2) is 6.51. The summed E-state index contributed by atoms with van der Waals surface area (Å²) in [6, 6.07) is 1.99. The lowest BCUT2D eigenvalue weighted by molar-refractivity contribution is -0.133. The van der Waals surface area contributed by atoms with Gasteiger partial charge in [0.05, 0.1) is 17.6 Å². The van der Waals surface area contributed by atoms with Crippen LogP contribution in [0.5, 0.6) is 0 Å². The Morgan fingerprint density at radius 2 is 2.20 bits per heavy atom. The van der Waals surface area contributed by atoms with Crippen molar-refractivity contribution in [2.75, 3.05) is 5.75 Å². The van der Waals surface area contributed by atoms with Crippen molar-refractivity contribution in [3.05, 3.63) is 29.8 Å². The maximum atomic E-state index is 10.7. The minimum Gasteiger partial charge on any atom is -0.481 e. The fraction of sp³-hybridized carbons (Fsp3) is 0.385. The van der Waals surface area contributed by atoms with Crippen LogP contribution in [0.2, 0.25) is 0 Å². The van der Waals surface area contributed by atoms with Crippen LogP contribution in [0.15, 0.2) is 23.6 Å². The lowest BCUT2D eigenvalue weighted by atomic mass is 10.3. The summed E-state index contributed by atoms with van der Waals surface area (Å²) in [6.45, 7) is 4.03. The first-order chi connectivity index (χ1) is 9.61. The first-order valence-electron chi connectivity index (χ1n) is 6.32. The van der Waals surface area contributed by atoms with Crippen LogP contribution in [0.25, 0.3) is 5.69 Å². The number of aromatic nitrogens is 4. The predicted octanol–water partition coefficient (Wildman–Crippen LogP) is 2.10. The third kappa shape index (κ3) is 3.36. The van der Waals surface area contributed by atoms with E-state index in [0.29, 0.717) is 5.16 Å². The molecule has 2 rings (SSSR count). The number of aliphatic carboxylic acids is 1. The van der Waals surface area contributed by atoms with Gasteiger partial charge in [-0.05, 0) is 25.0 Å². The molecule has 2 aromatic rings. The molecule has 20 heavy (non-hydrogen) atoms. The zero-order valence-corrected chi connectivity index (χ0v) is 12.2. The van der Waals surface area contributed by atoms with E-state index in [1.807, 2.05) is 17.6 Å². The quantitative estimate of drug-likeness (QED) is 0.821. The lowest BCUT2D eigenvalue weighted by Gasteiger charge is -2.09. The Hall–Kier alpha value is -1.89. The first kappa shape index (κ1) is 14.5.